The van der Waals surface area contributed by atoms with Gasteiger partial charge in [-0.3, -0.25) is 0 Å². The minimum atomic E-state index is -1.12. The Labute approximate surface area is 156 Å². The maximum Gasteiger partial charge on any atom is 0.339 e. The van der Waals surface area contributed by atoms with Gasteiger partial charge in [0.15, 0.2) is 0 Å². The summed E-state index contributed by atoms with van der Waals surface area (Å²) in [5.41, 5.74) is 0.354. The van der Waals surface area contributed by atoms with E-state index >= 15 is 0 Å². The van der Waals surface area contributed by atoms with Gasteiger partial charge in [-0.1, -0.05) is 36.4 Å². The Bertz CT molecular complexity index is 954. The van der Waals surface area contributed by atoms with E-state index in [1.807, 2.05) is 30.3 Å². The van der Waals surface area contributed by atoms with E-state index in [2.05, 4.69) is 4.98 Å². The zero-order chi connectivity index (χ0) is 19.1. The van der Waals surface area contributed by atoms with Crippen LogP contribution in [0.5, 0.6) is 23.1 Å². The van der Waals surface area contributed by atoms with Crippen molar-refractivity contribution in [1.82, 2.24) is 4.98 Å². The number of hydrogen-bond donors (Lipinski definition) is 1. The Morgan fingerprint density at radius 1 is 0.963 bits per heavy atom. The standard InChI is InChI=1S/C21H17NO5/c1-25-14-18(21(23)24)17-9-5-6-10-19(17)27-20-13-16(11-12-22-20)26-15-7-3-2-4-8-15/h2-14H,1H3,(H,23,24)/b18-14-. The topological polar surface area (TPSA) is 77.9 Å². The molecule has 0 radical (unpaired) electrons. The lowest BCUT2D eigenvalue weighted by Crippen LogP contribution is -2.02. The van der Waals surface area contributed by atoms with Crippen molar-refractivity contribution in [2.75, 3.05) is 7.11 Å². The molecular formula is C21H17NO5. The first-order valence-corrected chi connectivity index (χ1v) is 8.10. The lowest BCUT2D eigenvalue weighted by Gasteiger charge is -2.12. The van der Waals surface area contributed by atoms with E-state index in [1.54, 1.807) is 42.6 Å². The number of nitrogens with zero attached hydrogens (tertiary/aromatic N) is 1. The molecule has 1 N–H and O–H groups in total. The fourth-order valence-corrected chi connectivity index (χ4v) is 2.37. The van der Waals surface area contributed by atoms with Gasteiger partial charge in [0.25, 0.3) is 0 Å². The van der Waals surface area contributed by atoms with Crippen molar-refractivity contribution in [3.63, 3.8) is 0 Å². The van der Waals surface area contributed by atoms with Crippen LogP contribution in [-0.4, -0.2) is 23.2 Å². The number of carboxylic acid groups (broad SMARTS) is 1. The predicted molar refractivity (Wildman–Crippen MR) is 99.9 cm³/mol. The lowest BCUT2D eigenvalue weighted by atomic mass is 10.1. The van der Waals surface area contributed by atoms with E-state index in [1.165, 1.54) is 7.11 Å². The zero-order valence-corrected chi connectivity index (χ0v) is 14.5. The number of methoxy groups -OCH3 is 1. The lowest BCUT2D eigenvalue weighted by molar-refractivity contribution is -0.130. The zero-order valence-electron chi connectivity index (χ0n) is 14.5. The highest BCUT2D eigenvalue weighted by Gasteiger charge is 2.17. The molecule has 1 heterocycles. The molecule has 2 aromatic carbocycles. The summed E-state index contributed by atoms with van der Waals surface area (Å²) in [7, 11) is 1.39. The summed E-state index contributed by atoms with van der Waals surface area (Å²) in [5, 5.41) is 9.42. The summed E-state index contributed by atoms with van der Waals surface area (Å²) in [4.78, 5) is 15.7. The molecule has 136 valence electrons. The minimum absolute atomic E-state index is 0.0233. The highest BCUT2D eigenvalue weighted by atomic mass is 16.5. The van der Waals surface area contributed by atoms with Crippen LogP contribution in [-0.2, 0) is 9.53 Å². The molecule has 0 bridgehead atoms. The maximum absolute atomic E-state index is 11.5. The van der Waals surface area contributed by atoms with Gasteiger partial charge in [0, 0.05) is 17.8 Å². The average molecular weight is 363 g/mol. The Kier molecular flexibility index (Phi) is 5.69. The largest absolute Gasteiger partial charge is 0.503 e. The SMILES string of the molecule is CO/C=C(\C(=O)O)c1ccccc1Oc1cc(Oc2ccccc2)ccn1. The Hall–Kier alpha value is -3.80. The first kappa shape index (κ1) is 18.0. The Balaban J connectivity index is 1.87. The van der Waals surface area contributed by atoms with Crippen molar-refractivity contribution < 1.29 is 24.1 Å². The molecule has 6 nitrogen and oxygen atoms in total. The van der Waals surface area contributed by atoms with E-state index in [9.17, 15) is 9.90 Å². The highest BCUT2D eigenvalue weighted by molar-refractivity contribution is 6.15. The fourth-order valence-electron chi connectivity index (χ4n) is 2.37. The van der Waals surface area contributed by atoms with Crippen LogP contribution in [0, 0.1) is 0 Å². The molecule has 3 aromatic rings. The quantitative estimate of drug-likeness (QED) is 0.483. The molecule has 0 aliphatic carbocycles. The van der Waals surface area contributed by atoms with Gasteiger partial charge in [-0.2, -0.15) is 0 Å². The Morgan fingerprint density at radius 2 is 1.70 bits per heavy atom. The highest BCUT2D eigenvalue weighted by Crippen LogP contribution is 2.31. The first-order valence-electron chi connectivity index (χ1n) is 8.10. The van der Waals surface area contributed by atoms with Crippen molar-refractivity contribution in [3.8, 4) is 23.1 Å². The van der Waals surface area contributed by atoms with E-state index in [0.717, 1.165) is 6.26 Å². The molecule has 0 saturated heterocycles. The number of carboxylic acids is 1. The molecule has 1 aromatic heterocycles. The van der Waals surface area contributed by atoms with E-state index in [0.29, 0.717) is 22.8 Å². The monoisotopic (exact) mass is 363 g/mol. The number of hydrogen-bond acceptors (Lipinski definition) is 5. The normalized spacial score (nSPS) is 10.9. The molecule has 0 aliphatic heterocycles. The molecule has 0 aliphatic rings. The van der Waals surface area contributed by atoms with Crippen molar-refractivity contribution in [3.05, 3.63) is 84.8 Å². The molecule has 6 heteroatoms. The maximum atomic E-state index is 11.5. The summed E-state index contributed by atoms with van der Waals surface area (Å²) in [5.74, 6) is 0.730. The number of rotatable bonds is 7. The smallest absolute Gasteiger partial charge is 0.339 e. The van der Waals surface area contributed by atoms with Gasteiger partial charge in [0.1, 0.15) is 22.8 Å². The van der Waals surface area contributed by atoms with Crippen LogP contribution in [0.4, 0.5) is 0 Å². The van der Waals surface area contributed by atoms with E-state index in [-0.39, 0.29) is 11.5 Å². The van der Waals surface area contributed by atoms with Crippen molar-refractivity contribution in [2.45, 2.75) is 0 Å². The van der Waals surface area contributed by atoms with Gasteiger partial charge >= 0.3 is 5.97 Å². The number of benzene rings is 2. The first-order chi connectivity index (χ1) is 13.2. The third-order valence-electron chi connectivity index (χ3n) is 3.54. The number of ether oxygens (including phenoxy) is 3. The molecule has 0 spiro atoms. The second-order valence-electron chi connectivity index (χ2n) is 5.42. The predicted octanol–water partition coefficient (Wildman–Crippen LogP) is 4.74. The van der Waals surface area contributed by atoms with Gasteiger partial charge < -0.3 is 19.3 Å². The van der Waals surface area contributed by atoms with Crippen LogP contribution in [0.15, 0.2) is 79.2 Å². The number of pyridine rings is 1. The number of aliphatic carboxylic acids is 1. The van der Waals surface area contributed by atoms with E-state index < -0.39 is 5.97 Å². The third kappa shape index (κ3) is 4.64. The summed E-state index contributed by atoms with van der Waals surface area (Å²) < 4.78 is 16.5. The molecule has 0 amide bonds. The molecule has 0 unspecified atom stereocenters. The number of para-hydroxylation sites is 2. The van der Waals surface area contributed by atoms with E-state index in [4.69, 9.17) is 14.2 Å². The molecule has 0 saturated carbocycles. The molecule has 27 heavy (non-hydrogen) atoms. The summed E-state index contributed by atoms with van der Waals surface area (Å²) in [6.07, 6.45) is 2.71. The van der Waals surface area contributed by atoms with Crippen LogP contribution >= 0.6 is 0 Å². The second-order valence-corrected chi connectivity index (χ2v) is 5.42. The van der Waals surface area contributed by atoms with Gasteiger partial charge in [0.05, 0.1) is 13.4 Å². The minimum Gasteiger partial charge on any atom is -0.503 e. The number of aromatic nitrogens is 1. The average Bonchev–Trinajstić information content (AvgIpc) is 2.68. The summed E-state index contributed by atoms with van der Waals surface area (Å²) in [6.45, 7) is 0. The van der Waals surface area contributed by atoms with Gasteiger partial charge in [0.2, 0.25) is 5.88 Å². The summed E-state index contributed by atoms with van der Waals surface area (Å²) >= 11 is 0. The van der Waals surface area contributed by atoms with Crippen LogP contribution in [0.2, 0.25) is 0 Å². The molecule has 0 atom stereocenters. The molecule has 0 fully saturated rings. The van der Waals surface area contributed by atoms with Crippen LogP contribution in [0.1, 0.15) is 5.56 Å². The van der Waals surface area contributed by atoms with Gasteiger partial charge in [-0.15, -0.1) is 0 Å². The van der Waals surface area contributed by atoms with Crippen molar-refractivity contribution in [1.29, 1.82) is 0 Å². The van der Waals surface area contributed by atoms with Crippen LogP contribution in [0.25, 0.3) is 5.57 Å². The molecule has 3 rings (SSSR count). The van der Waals surface area contributed by atoms with Crippen molar-refractivity contribution in [2.24, 2.45) is 0 Å². The Morgan fingerprint density at radius 3 is 2.44 bits per heavy atom. The number of carbonyl (C=O) groups is 1. The third-order valence-corrected chi connectivity index (χ3v) is 3.54. The van der Waals surface area contributed by atoms with Crippen molar-refractivity contribution >= 4 is 11.5 Å². The molecular weight excluding hydrogens is 346 g/mol. The van der Waals surface area contributed by atoms with Gasteiger partial charge in [-0.05, 0) is 24.3 Å². The van der Waals surface area contributed by atoms with Crippen LogP contribution in [0.3, 0.4) is 0 Å². The summed E-state index contributed by atoms with van der Waals surface area (Å²) in [6, 6.07) is 19.4. The fraction of sp³-hybridized carbons (Fsp3) is 0.0476. The second kappa shape index (κ2) is 8.53. The van der Waals surface area contributed by atoms with Gasteiger partial charge in [-0.25, -0.2) is 9.78 Å². The van der Waals surface area contributed by atoms with Crippen LogP contribution < -0.4 is 9.47 Å².